The molecule has 0 radical (unpaired) electrons. The van der Waals surface area contributed by atoms with Crippen molar-refractivity contribution in [3.05, 3.63) is 53.5 Å². The van der Waals surface area contributed by atoms with Crippen LogP contribution in [0.3, 0.4) is 0 Å². The number of hydrogen-bond acceptors (Lipinski definition) is 3. The molecule has 0 spiro atoms. The Morgan fingerprint density at radius 2 is 2.13 bits per heavy atom. The summed E-state index contributed by atoms with van der Waals surface area (Å²) in [6.45, 7) is 3.51. The van der Waals surface area contributed by atoms with Crippen LogP contribution in [0, 0.1) is 6.92 Å². The van der Waals surface area contributed by atoms with Crippen LogP contribution in [0.5, 0.6) is 0 Å². The fraction of sp³-hybridized carbons (Fsp3) is 0.294. The lowest BCUT2D eigenvalue weighted by Gasteiger charge is -2.11. The monoisotopic (exact) mass is 311 g/mol. The normalized spacial score (nSPS) is 11.8. The Kier molecular flexibility index (Phi) is 4.61. The number of aromatic nitrogens is 2. The Morgan fingerprint density at radius 1 is 1.26 bits per heavy atom. The lowest BCUT2D eigenvalue weighted by atomic mass is 10.1. The molecule has 3 N–H and O–H groups in total. The molecule has 0 fully saturated rings. The van der Waals surface area contributed by atoms with E-state index in [0.29, 0.717) is 6.54 Å². The number of hydrogen-bond donors (Lipinski definition) is 3. The first-order valence-electron chi connectivity index (χ1n) is 7.68. The molecule has 3 aromatic rings. The number of guanidine groups is 1. The van der Waals surface area contributed by atoms with Crippen LogP contribution < -0.4 is 10.6 Å². The van der Waals surface area contributed by atoms with E-state index in [0.717, 1.165) is 24.6 Å². The molecule has 6 heteroatoms. The summed E-state index contributed by atoms with van der Waals surface area (Å²) in [4.78, 5) is 7.65. The molecule has 0 unspecified atom stereocenters. The highest BCUT2D eigenvalue weighted by Gasteiger charge is 2.08. The molecule has 1 aromatic carbocycles. The lowest BCUT2D eigenvalue weighted by molar-refractivity contribution is 0.410. The van der Waals surface area contributed by atoms with Gasteiger partial charge in [0, 0.05) is 36.3 Å². The second-order valence-corrected chi connectivity index (χ2v) is 5.37. The molecule has 0 saturated carbocycles. The number of fused-ring (bicyclic) bond motifs is 1. The van der Waals surface area contributed by atoms with Crippen molar-refractivity contribution in [3.8, 4) is 0 Å². The van der Waals surface area contributed by atoms with Gasteiger partial charge in [0.25, 0.3) is 0 Å². The fourth-order valence-corrected chi connectivity index (χ4v) is 2.69. The second kappa shape index (κ2) is 7.00. The number of aryl methyl sites for hydroxylation is 1. The zero-order valence-corrected chi connectivity index (χ0v) is 13.4. The van der Waals surface area contributed by atoms with Crippen molar-refractivity contribution in [3.63, 3.8) is 0 Å². The molecular formula is C17H21N5O. The summed E-state index contributed by atoms with van der Waals surface area (Å²) in [6, 6.07) is 10.2. The Bertz CT molecular complexity index is 789. The first-order valence-corrected chi connectivity index (χ1v) is 7.68. The molecule has 6 nitrogen and oxygen atoms in total. The van der Waals surface area contributed by atoms with Crippen molar-refractivity contribution in [2.75, 3.05) is 13.6 Å². The van der Waals surface area contributed by atoms with Crippen LogP contribution in [0.4, 0.5) is 0 Å². The van der Waals surface area contributed by atoms with Gasteiger partial charge < -0.3 is 20.1 Å². The number of aromatic amines is 1. The Morgan fingerprint density at radius 3 is 2.91 bits per heavy atom. The zero-order chi connectivity index (χ0) is 16.1. The average Bonchev–Trinajstić information content (AvgIpc) is 3.18. The van der Waals surface area contributed by atoms with E-state index in [2.05, 4.69) is 57.0 Å². The molecule has 0 bridgehead atoms. The van der Waals surface area contributed by atoms with Crippen molar-refractivity contribution in [1.29, 1.82) is 0 Å². The van der Waals surface area contributed by atoms with Gasteiger partial charge in [0.05, 0.1) is 6.54 Å². The number of para-hydroxylation sites is 1. The molecule has 0 aliphatic heterocycles. The van der Waals surface area contributed by atoms with Crippen LogP contribution in [0.15, 0.2) is 46.1 Å². The van der Waals surface area contributed by atoms with Gasteiger partial charge in [-0.15, -0.1) is 0 Å². The largest absolute Gasteiger partial charge is 0.364 e. The van der Waals surface area contributed by atoms with E-state index in [1.54, 1.807) is 13.3 Å². The van der Waals surface area contributed by atoms with Crippen molar-refractivity contribution in [1.82, 2.24) is 20.8 Å². The van der Waals surface area contributed by atoms with Crippen LogP contribution in [-0.4, -0.2) is 29.7 Å². The van der Waals surface area contributed by atoms with E-state index < -0.39 is 0 Å². The van der Waals surface area contributed by atoms with Gasteiger partial charge in [-0.1, -0.05) is 23.4 Å². The van der Waals surface area contributed by atoms with E-state index in [9.17, 15) is 0 Å². The van der Waals surface area contributed by atoms with Gasteiger partial charge in [-0.05, 0) is 25.0 Å². The highest BCUT2D eigenvalue weighted by atomic mass is 16.5. The van der Waals surface area contributed by atoms with E-state index in [-0.39, 0.29) is 0 Å². The molecule has 23 heavy (non-hydrogen) atoms. The maximum atomic E-state index is 4.81. The Hall–Kier alpha value is -2.76. The number of rotatable bonds is 5. The molecule has 0 saturated heterocycles. The maximum Gasteiger partial charge on any atom is 0.191 e. The molecule has 120 valence electrons. The third-order valence-corrected chi connectivity index (χ3v) is 3.85. The van der Waals surface area contributed by atoms with Gasteiger partial charge in [-0.2, -0.15) is 0 Å². The predicted octanol–water partition coefficient (Wildman–Crippen LogP) is 2.37. The summed E-state index contributed by atoms with van der Waals surface area (Å²) in [5.74, 6) is 0.755. The topological polar surface area (TPSA) is 78.2 Å². The molecule has 2 heterocycles. The maximum absolute atomic E-state index is 4.81. The van der Waals surface area contributed by atoms with Crippen LogP contribution in [0.2, 0.25) is 0 Å². The van der Waals surface area contributed by atoms with Crippen molar-refractivity contribution in [2.24, 2.45) is 4.99 Å². The summed E-state index contributed by atoms with van der Waals surface area (Å²) >= 11 is 0. The van der Waals surface area contributed by atoms with Gasteiger partial charge in [0.2, 0.25) is 0 Å². The van der Waals surface area contributed by atoms with E-state index in [1.165, 1.54) is 22.2 Å². The summed E-state index contributed by atoms with van der Waals surface area (Å²) in [5.41, 5.74) is 4.60. The Balaban J connectivity index is 1.56. The number of H-pyrrole nitrogens is 1. The SMILES string of the molecule is CN=C(NCCc1c(C)[nH]c2ccccc12)NCc1ccon1. The van der Waals surface area contributed by atoms with Crippen LogP contribution in [-0.2, 0) is 13.0 Å². The minimum absolute atomic E-state index is 0.586. The molecule has 2 aromatic heterocycles. The second-order valence-electron chi connectivity index (χ2n) is 5.37. The predicted molar refractivity (Wildman–Crippen MR) is 91.4 cm³/mol. The van der Waals surface area contributed by atoms with Gasteiger partial charge in [-0.3, -0.25) is 4.99 Å². The lowest BCUT2D eigenvalue weighted by Crippen LogP contribution is -2.37. The highest BCUT2D eigenvalue weighted by Crippen LogP contribution is 2.21. The highest BCUT2D eigenvalue weighted by molar-refractivity contribution is 5.84. The van der Waals surface area contributed by atoms with Crippen molar-refractivity contribution < 1.29 is 4.52 Å². The first-order chi connectivity index (χ1) is 11.3. The molecule has 0 amide bonds. The fourth-order valence-electron chi connectivity index (χ4n) is 2.69. The van der Waals surface area contributed by atoms with Gasteiger partial charge in [-0.25, -0.2) is 0 Å². The Labute approximate surface area is 135 Å². The summed E-state index contributed by atoms with van der Waals surface area (Å²) in [6.07, 6.45) is 2.49. The molecule has 0 atom stereocenters. The van der Waals surface area contributed by atoms with Crippen LogP contribution >= 0.6 is 0 Å². The molecule has 0 aliphatic carbocycles. The quantitative estimate of drug-likeness (QED) is 0.499. The average molecular weight is 311 g/mol. The number of nitrogens with one attached hydrogen (secondary N) is 3. The molecule has 0 aliphatic rings. The van der Waals surface area contributed by atoms with Crippen molar-refractivity contribution in [2.45, 2.75) is 19.9 Å². The van der Waals surface area contributed by atoms with Gasteiger partial charge in [0.1, 0.15) is 12.0 Å². The number of aliphatic imine (C=N–C) groups is 1. The van der Waals surface area contributed by atoms with Crippen LogP contribution in [0.25, 0.3) is 10.9 Å². The minimum Gasteiger partial charge on any atom is -0.364 e. The number of nitrogens with zero attached hydrogens (tertiary/aromatic N) is 2. The third-order valence-electron chi connectivity index (χ3n) is 3.85. The summed E-state index contributed by atoms with van der Waals surface area (Å²) < 4.78 is 4.81. The van der Waals surface area contributed by atoms with E-state index in [4.69, 9.17) is 4.52 Å². The number of benzene rings is 1. The summed E-state index contributed by atoms with van der Waals surface area (Å²) in [5, 5.41) is 11.7. The van der Waals surface area contributed by atoms with E-state index >= 15 is 0 Å². The third kappa shape index (κ3) is 3.53. The first kappa shape index (κ1) is 15.1. The van der Waals surface area contributed by atoms with Crippen molar-refractivity contribution >= 4 is 16.9 Å². The molecule has 3 rings (SSSR count). The standard InChI is InChI=1S/C17H21N5O/c1-12-14(15-5-3-4-6-16(15)21-12)7-9-19-17(18-2)20-11-13-8-10-23-22-13/h3-6,8,10,21H,7,9,11H2,1-2H3,(H2,18,19,20). The summed E-state index contributed by atoms with van der Waals surface area (Å²) in [7, 11) is 1.76. The smallest absolute Gasteiger partial charge is 0.191 e. The van der Waals surface area contributed by atoms with Gasteiger partial charge in [0.15, 0.2) is 5.96 Å². The van der Waals surface area contributed by atoms with E-state index in [1.807, 2.05) is 6.07 Å². The molecular weight excluding hydrogens is 290 g/mol. The minimum atomic E-state index is 0.586. The van der Waals surface area contributed by atoms with Crippen LogP contribution in [0.1, 0.15) is 17.0 Å². The zero-order valence-electron chi connectivity index (χ0n) is 13.4. The van der Waals surface area contributed by atoms with Gasteiger partial charge >= 0.3 is 0 Å².